The first-order valence-corrected chi connectivity index (χ1v) is 5.80. The van der Waals surface area contributed by atoms with E-state index in [4.69, 9.17) is 11.6 Å². The van der Waals surface area contributed by atoms with Crippen LogP contribution in [0.3, 0.4) is 0 Å². The van der Waals surface area contributed by atoms with Gasteiger partial charge in [-0.05, 0) is 25.1 Å². The fourth-order valence-electron chi connectivity index (χ4n) is 1.82. The fourth-order valence-corrected chi connectivity index (χ4v) is 2.05. The zero-order chi connectivity index (χ0) is 12.3. The van der Waals surface area contributed by atoms with Crippen LogP contribution in [-0.2, 0) is 0 Å². The summed E-state index contributed by atoms with van der Waals surface area (Å²) >= 11 is 6.33. The topological polar surface area (TPSA) is 37.8 Å². The standard InChI is InChI=1S/C13H14ClN3/c1-9-4-3-5-10(12(9)14)13(15-2)11-8-16-6-7-17-11/h3-8,13,15H,1-2H3. The lowest BCUT2D eigenvalue weighted by atomic mass is 10.0. The lowest BCUT2D eigenvalue weighted by molar-refractivity contribution is 0.666. The first-order chi connectivity index (χ1) is 8.24. The molecule has 1 N–H and O–H groups in total. The maximum atomic E-state index is 6.33. The molecule has 0 fully saturated rings. The third-order valence-corrected chi connectivity index (χ3v) is 3.22. The van der Waals surface area contributed by atoms with E-state index in [-0.39, 0.29) is 6.04 Å². The second-order valence-electron chi connectivity index (χ2n) is 3.83. The van der Waals surface area contributed by atoms with Crippen molar-refractivity contribution in [1.29, 1.82) is 0 Å². The molecule has 0 aliphatic heterocycles. The number of rotatable bonds is 3. The molecule has 0 bridgehead atoms. The summed E-state index contributed by atoms with van der Waals surface area (Å²) in [6.07, 6.45) is 5.09. The Morgan fingerprint density at radius 3 is 2.76 bits per heavy atom. The molecule has 2 aromatic rings. The van der Waals surface area contributed by atoms with Gasteiger partial charge < -0.3 is 5.32 Å². The summed E-state index contributed by atoms with van der Waals surface area (Å²) in [7, 11) is 1.89. The Hall–Kier alpha value is -1.45. The normalized spacial score (nSPS) is 12.4. The van der Waals surface area contributed by atoms with Crippen molar-refractivity contribution in [2.24, 2.45) is 0 Å². The van der Waals surface area contributed by atoms with E-state index in [1.807, 2.05) is 32.2 Å². The number of aromatic nitrogens is 2. The number of benzene rings is 1. The van der Waals surface area contributed by atoms with Crippen LogP contribution >= 0.6 is 11.6 Å². The molecular weight excluding hydrogens is 234 g/mol. The molecule has 0 saturated carbocycles. The lowest BCUT2D eigenvalue weighted by Gasteiger charge is -2.17. The van der Waals surface area contributed by atoms with Gasteiger partial charge in [-0.15, -0.1) is 0 Å². The summed E-state index contributed by atoms with van der Waals surface area (Å²) in [4.78, 5) is 8.40. The molecule has 88 valence electrons. The summed E-state index contributed by atoms with van der Waals surface area (Å²) in [5, 5.41) is 3.99. The van der Waals surface area contributed by atoms with Crippen LogP contribution in [0.4, 0.5) is 0 Å². The summed E-state index contributed by atoms with van der Waals surface area (Å²) in [6.45, 7) is 2.00. The SMILES string of the molecule is CNC(c1cnccn1)c1cccc(C)c1Cl. The van der Waals surface area contributed by atoms with Gasteiger partial charge in [-0.25, -0.2) is 0 Å². The first-order valence-electron chi connectivity index (χ1n) is 5.42. The van der Waals surface area contributed by atoms with Crippen LogP contribution in [0.15, 0.2) is 36.8 Å². The molecule has 0 aliphatic rings. The van der Waals surface area contributed by atoms with E-state index in [9.17, 15) is 0 Å². The van der Waals surface area contributed by atoms with Crippen molar-refractivity contribution in [3.05, 3.63) is 58.6 Å². The summed E-state index contributed by atoms with van der Waals surface area (Å²) in [5.41, 5.74) is 2.95. The summed E-state index contributed by atoms with van der Waals surface area (Å²) in [5.74, 6) is 0. The quantitative estimate of drug-likeness (QED) is 0.906. The Morgan fingerprint density at radius 1 is 1.29 bits per heavy atom. The minimum Gasteiger partial charge on any atom is -0.308 e. The Bertz CT molecular complexity index is 499. The van der Waals surface area contributed by atoms with E-state index in [0.717, 1.165) is 21.8 Å². The van der Waals surface area contributed by atoms with Crippen LogP contribution in [0, 0.1) is 6.92 Å². The fraction of sp³-hybridized carbons (Fsp3) is 0.231. The largest absolute Gasteiger partial charge is 0.308 e. The molecule has 0 amide bonds. The highest BCUT2D eigenvalue weighted by Crippen LogP contribution is 2.28. The summed E-state index contributed by atoms with van der Waals surface area (Å²) < 4.78 is 0. The monoisotopic (exact) mass is 247 g/mol. The smallest absolute Gasteiger partial charge is 0.0801 e. The van der Waals surface area contributed by atoms with Gasteiger partial charge in [0.05, 0.1) is 17.9 Å². The molecule has 0 saturated heterocycles. The third-order valence-electron chi connectivity index (χ3n) is 2.70. The van der Waals surface area contributed by atoms with Crippen LogP contribution in [0.2, 0.25) is 5.02 Å². The van der Waals surface area contributed by atoms with Crippen molar-refractivity contribution < 1.29 is 0 Å². The third kappa shape index (κ3) is 2.46. The molecule has 1 aromatic carbocycles. The molecule has 0 radical (unpaired) electrons. The van der Waals surface area contributed by atoms with Crippen molar-refractivity contribution in [2.75, 3.05) is 7.05 Å². The van der Waals surface area contributed by atoms with Crippen LogP contribution in [-0.4, -0.2) is 17.0 Å². The van der Waals surface area contributed by atoms with E-state index in [0.29, 0.717) is 0 Å². The molecule has 2 rings (SSSR count). The number of nitrogens with zero attached hydrogens (tertiary/aromatic N) is 2. The molecule has 3 nitrogen and oxygen atoms in total. The molecule has 4 heteroatoms. The Balaban J connectivity index is 2.46. The molecule has 1 atom stereocenters. The van der Waals surface area contributed by atoms with Crippen molar-refractivity contribution in [3.63, 3.8) is 0 Å². The van der Waals surface area contributed by atoms with Gasteiger partial charge in [0.25, 0.3) is 0 Å². The van der Waals surface area contributed by atoms with Gasteiger partial charge in [-0.2, -0.15) is 0 Å². The molecule has 1 aromatic heterocycles. The average molecular weight is 248 g/mol. The molecule has 0 spiro atoms. The van der Waals surface area contributed by atoms with Crippen molar-refractivity contribution >= 4 is 11.6 Å². The van der Waals surface area contributed by atoms with Crippen LogP contribution in [0.25, 0.3) is 0 Å². The highest BCUT2D eigenvalue weighted by atomic mass is 35.5. The van der Waals surface area contributed by atoms with Gasteiger partial charge in [-0.3, -0.25) is 9.97 Å². The number of hydrogen-bond acceptors (Lipinski definition) is 3. The maximum Gasteiger partial charge on any atom is 0.0801 e. The Morgan fingerprint density at radius 2 is 2.12 bits per heavy atom. The van der Waals surface area contributed by atoms with E-state index >= 15 is 0 Å². The van der Waals surface area contributed by atoms with E-state index < -0.39 is 0 Å². The highest BCUT2D eigenvalue weighted by molar-refractivity contribution is 6.32. The summed E-state index contributed by atoms with van der Waals surface area (Å²) in [6, 6.07) is 5.97. The number of nitrogens with one attached hydrogen (secondary N) is 1. The van der Waals surface area contributed by atoms with Gasteiger partial charge in [0.15, 0.2) is 0 Å². The van der Waals surface area contributed by atoms with Gasteiger partial charge in [0, 0.05) is 17.4 Å². The van der Waals surface area contributed by atoms with Gasteiger partial charge in [0.1, 0.15) is 0 Å². The van der Waals surface area contributed by atoms with Gasteiger partial charge in [0.2, 0.25) is 0 Å². The second-order valence-corrected chi connectivity index (χ2v) is 4.21. The minimum atomic E-state index is -0.0314. The maximum absolute atomic E-state index is 6.33. The van der Waals surface area contributed by atoms with Crippen LogP contribution in [0.1, 0.15) is 22.9 Å². The molecule has 0 aliphatic carbocycles. The predicted octanol–water partition coefficient (Wildman–Crippen LogP) is 2.75. The van der Waals surface area contributed by atoms with E-state index in [1.165, 1.54) is 0 Å². The minimum absolute atomic E-state index is 0.0314. The molecule has 17 heavy (non-hydrogen) atoms. The second kappa shape index (κ2) is 5.25. The Labute approximate surface area is 106 Å². The average Bonchev–Trinajstić information content (AvgIpc) is 2.37. The predicted molar refractivity (Wildman–Crippen MR) is 69.1 cm³/mol. The van der Waals surface area contributed by atoms with Gasteiger partial charge >= 0.3 is 0 Å². The number of hydrogen-bond donors (Lipinski definition) is 1. The first kappa shape index (κ1) is 12.0. The van der Waals surface area contributed by atoms with Crippen molar-refractivity contribution in [1.82, 2.24) is 15.3 Å². The van der Waals surface area contributed by atoms with E-state index in [1.54, 1.807) is 18.6 Å². The molecule has 1 heterocycles. The van der Waals surface area contributed by atoms with Crippen LogP contribution in [0.5, 0.6) is 0 Å². The van der Waals surface area contributed by atoms with Crippen molar-refractivity contribution in [3.8, 4) is 0 Å². The van der Waals surface area contributed by atoms with Crippen molar-refractivity contribution in [2.45, 2.75) is 13.0 Å². The molecular formula is C13H14ClN3. The van der Waals surface area contributed by atoms with Gasteiger partial charge in [-0.1, -0.05) is 29.8 Å². The lowest BCUT2D eigenvalue weighted by Crippen LogP contribution is -2.19. The van der Waals surface area contributed by atoms with Crippen LogP contribution < -0.4 is 5.32 Å². The number of halogens is 1. The Kier molecular flexibility index (Phi) is 3.71. The van der Waals surface area contributed by atoms with E-state index in [2.05, 4.69) is 15.3 Å². The number of aryl methyl sites for hydroxylation is 1. The zero-order valence-corrected chi connectivity index (χ0v) is 10.6. The molecule has 1 unspecified atom stereocenters. The highest BCUT2D eigenvalue weighted by Gasteiger charge is 2.17. The zero-order valence-electron chi connectivity index (χ0n) is 9.81.